The average Bonchev–Trinajstić information content (AvgIpc) is 3.06. The number of unbranched alkanes of at least 4 members (excludes halogenated alkanes) is 3. The van der Waals surface area contributed by atoms with Crippen LogP contribution in [-0.4, -0.2) is 163 Å². The number of aliphatic hydroxyl groups excluding tert-OH is 8. The van der Waals surface area contributed by atoms with E-state index in [9.17, 15) is 55.2 Å². The van der Waals surface area contributed by atoms with E-state index in [4.69, 9.17) is 18.9 Å². The maximum Gasteiger partial charge on any atom is 0.220 e. The fraction of sp³-hybridized carbons (Fsp3) is 0.897. The summed E-state index contributed by atoms with van der Waals surface area (Å²) in [5, 5.41) is 83.2. The molecular formula is C29H51IN2O15. The van der Waals surface area contributed by atoms with E-state index in [0.717, 1.165) is 0 Å². The van der Waals surface area contributed by atoms with E-state index in [0.29, 0.717) is 51.5 Å². The van der Waals surface area contributed by atoms with E-state index in [1.54, 1.807) is 0 Å². The molecule has 2 aliphatic rings. The van der Waals surface area contributed by atoms with Crippen molar-refractivity contribution in [3.63, 3.8) is 0 Å². The summed E-state index contributed by atoms with van der Waals surface area (Å²) in [5.74, 6) is -0.578. The molecule has 47 heavy (non-hydrogen) atoms. The van der Waals surface area contributed by atoms with Gasteiger partial charge in [0.2, 0.25) is 11.8 Å². The van der Waals surface area contributed by atoms with Crippen LogP contribution in [-0.2, 0) is 33.3 Å². The van der Waals surface area contributed by atoms with Crippen LogP contribution in [0.1, 0.15) is 57.8 Å². The van der Waals surface area contributed by atoms with Gasteiger partial charge in [0.25, 0.3) is 0 Å². The fourth-order valence-corrected chi connectivity index (χ4v) is 5.58. The van der Waals surface area contributed by atoms with Crippen LogP contribution in [0.2, 0.25) is 0 Å². The van der Waals surface area contributed by atoms with Gasteiger partial charge < -0.3 is 70.4 Å². The Morgan fingerprint density at radius 2 is 1.15 bits per heavy atom. The number of carbonyl (C=O) groups excluding carboxylic acids is 3. The van der Waals surface area contributed by atoms with Gasteiger partial charge in [-0.3, -0.25) is 14.4 Å². The van der Waals surface area contributed by atoms with Crippen molar-refractivity contribution < 1.29 is 74.2 Å². The summed E-state index contributed by atoms with van der Waals surface area (Å²) in [6.07, 6.45) is -9.76. The first-order chi connectivity index (χ1) is 22.4. The second kappa shape index (κ2) is 22.6. The number of rotatable bonds is 22. The number of nitrogens with one attached hydrogen (secondary N) is 2. The van der Waals surface area contributed by atoms with Crippen molar-refractivity contribution in [3.8, 4) is 0 Å². The lowest BCUT2D eigenvalue weighted by Gasteiger charge is -2.39. The number of aliphatic hydroxyl groups is 8. The summed E-state index contributed by atoms with van der Waals surface area (Å²) in [6, 6.07) is -0.649. The molecule has 2 heterocycles. The van der Waals surface area contributed by atoms with Crippen LogP contribution in [0.25, 0.3) is 0 Å². The lowest BCUT2D eigenvalue weighted by molar-refractivity contribution is -0.301. The molecule has 0 saturated carbocycles. The van der Waals surface area contributed by atoms with E-state index in [2.05, 4.69) is 10.6 Å². The molecule has 0 aromatic carbocycles. The SMILES string of the molecule is O=C(CCCCOC1OC(CO)C(O)C(O)C1O)NCCCC[C@H](NC(=O)CCCCOC1OC(CO)C(O)C(O)C1O)C(=O)CI. The highest BCUT2D eigenvalue weighted by atomic mass is 127. The number of ether oxygens (including phenoxy) is 4. The molecule has 0 aromatic heterocycles. The molecule has 0 aliphatic carbocycles. The van der Waals surface area contributed by atoms with Gasteiger partial charge in [-0.25, -0.2) is 0 Å². The third-order valence-corrected chi connectivity index (χ3v) is 8.71. The lowest BCUT2D eigenvalue weighted by Crippen LogP contribution is -2.59. The molecule has 2 amide bonds. The lowest BCUT2D eigenvalue weighted by atomic mass is 9.99. The van der Waals surface area contributed by atoms with Crippen LogP contribution in [0, 0.1) is 0 Å². The summed E-state index contributed by atoms with van der Waals surface area (Å²) >= 11 is 1.94. The van der Waals surface area contributed by atoms with Crippen molar-refractivity contribution in [1.82, 2.24) is 10.6 Å². The molecule has 11 atom stereocenters. The first-order valence-electron chi connectivity index (χ1n) is 15.9. The molecule has 2 saturated heterocycles. The molecule has 10 N–H and O–H groups in total. The predicted octanol–water partition coefficient (Wildman–Crippen LogP) is -3.26. The minimum Gasteiger partial charge on any atom is -0.394 e. The quantitative estimate of drug-likeness (QED) is 0.0293. The topological polar surface area (TPSA) is 274 Å². The standard InChI is InChI=1S/C29H51IN2O15/c30-13-17(35)16(32-21(37)9-3-6-12-45-29-27(43)25(41)23(39)19(15-34)47-29)7-1-4-10-31-20(36)8-2-5-11-44-28-26(42)24(40)22(38)18(14-33)46-28/h16,18-19,22-29,33-34,38-43H,1-15H2,(H,31,36)(H,32,37)/t16-,18?,19?,22?,23?,24?,25?,26?,27?,28?,29?/m0/s1. The second-order valence-corrected chi connectivity index (χ2v) is 12.4. The molecule has 2 fully saturated rings. The number of halogens is 1. The number of amides is 2. The Labute approximate surface area is 287 Å². The van der Waals surface area contributed by atoms with E-state index < -0.39 is 80.7 Å². The number of carbonyl (C=O) groups is 3. The third-order valence-electron chi connectivity index (χ3n) is 7.95. The first-order valence-corrected chi connectivity index (χ1v) is 17.5. The Bertz CT molecular complexity index is 932. The molecule has 10 unspecified atom stereocenters. The molecule has 0 aromatic rings. The van der Waals surface area contributed by atoms with Crippen molar-refractivity contribution >= 4 is 40.2 Å². The summed E-state index contributed by atoms with van der Waals surface area (Å²) in [4.78, 5) is 37.0. The summed E-state index contributed by atoms with van der Waals surface area (Å²) < 4.78 is 21.6. The van der Waals surface area contributed by atoms with E-state index >= 15 is 0 Å². The van der Waals surface area contributed by atoms with Crippen LogP contribution < -0.4 is 10.6 Å². The van der Waals surface area contributed by atoms with Gasteiger partial charge >= 0.3 is 0 Å². The molecule has 2 rings (SSSR count). The molecular weight excluding hydrogens is 743 g/mol. The van der Waals surface area contributed by atoms with Crippen molar-refractivity contribution in [3.05, 3.63) is 0 Å². The summed E-state index contributed by atoms with van der Waals surface area (Å²) in [7, 11) is 0. The van der Waals surface area contributed by atoms with Crippen molar-refractivity contribution in [2.45, 2.75) is 125 Å². The van der Waals surface area contributed by atoms with Gasteiger partial charge in [0, 0.05) is 32.6 Å². The maximum absolute atomic E-state index is 12.5. The Kier molecular flexibility index (Phi) is 20.2. The normalized spacial score (nSPS) is 31.7. The van der Waals surface area contributed by atoms with Crippen molar-refractivity contribution in [1.29, 1.82) is 0 Å². The predicted molar refractivity (Wildman–Crippen MR) is 170 cm³/mol. The van der Waals surface area contributed by atoms with Crippen molar-refractivity contribution in [2.75, 3.05) is 37.4 Å². The molecule has 17 nitrogen and oxygen atoms in total. The highest BCUT2D eigenvalue weighted by Crippen LogP contribution is 2.23. The van der Waals surface area contributed by atoms with Crippen LogP contribution in [0.4, 0.5) is 0 Å². The Hall–Kier alpha value is -1.14. The van der Waals surface area contributed by atoms with E-state index in [-0.39, 0.29) is 48.1 Å². The van der Waals surface area contributed by atoms with Crippen LogP contribution in [0.5, 0.6) is 0 Å². The maximum atomic E-state index is 12.5. The summed E-state index contributed by atoms with van der Waals surface area (Å²) in [5.41, 5.74) is 0. The third kappa shape index (κ3) is 13.9. The highest BCUT2D eigenvalue weighted by Gasteiger charge is 2.45. The molecule has 0 spiro atoms. The monoisotopic (exact) mass is 794 g/mol. The molecule has 0 bridgehead atoms. The van der Waals surface area contributed by atoms with Gasteiger partial charge in [0.05, 0.1) is 23.7 Å². The molecule has 274 valence electrons. The molecule has 0 radical (unpaired) electrons. The van der Waals surface area contributed by atoms with Crippen LogP contribution >= 0.6 is 22.6 Å². The van der Waals surface area contributed by atoms with Crippen LogP contribution in [0.15, 0.2) is 0 Å². The minimum absolute atomic E-state index is 0.0910. The van der Waals surface area contributed by atoms with Crippen molar-refractivity contribution in [2.24, 2.45) is 0 Å². The minimum atomic E-state index is -1.53. The molecule has 2 aliphatic heterocycles. The zero-order valence-electron chi connectivity index (χ0n) is 26.3. The van der Waals surface area contributed by atoms with Gasteiger partial charge in [-0.15, -0.1) is 0 Å². The number of ketones is 1. The largest absolute Gasteiger partial charge is 0.394 e. The van der Waals surface area contributed by atoms with Gasteiger partial charge in [0.1, 0.15) is 48.8 Å². The average molecular weight is 795 g/mol. The Morgan fingerprint density at radius 3 is 1.62 bits per heavy atom. The number of alkyl halides is 1. The number of hydrogen-bond acceptors (Lipinski definition) is 15. The fourth-order valence-electron chi connectivity index (χ4n) is 5.05. The van der Waals surface area contributed by atoms with Crippen LogP contribution in [0.3, 0.4) is 0 Å². The number of Topliss-reactive ketones (excluding diaryl/α,β-unsaturated/α-hetero) is 1. The van der Waals surface area contributed by atoms with Gasteiger partial charge in [-0.1, -0.05) is 22.6 Å². The van der Waals surface area contributed by atoms with Gasteiger partial charge in [-0.2, -0.15) is 0 Å². The Morgan fingerprint density at radius 1 is 0.660 bits per heavy atom. The molecule has 18 heteroatoms. The zero-order chi connectivity index (χ0) is 34.9. The second-order valence-electron chi connectivity index (χ2n) is 11.6. The Balaban J connectivity index is 1.55. The van der Waals surface area contributed by atoms with Gasteiger partial charge in [0.15, 0.2) is 18.4 Å². The van der Waals surface area contributed by atoms with Gasteiger partial charge in [-0.05, 0) is 44.9 Å². The van der Waals surface area contributed by atoms with E-state index in [1.165, 1.54) is 0 Å². The smallest absolute Gasteiger partial charge is 0.220 e. The number of hydrogen-bond donors (Lipinski definition) is 10. The van der Waals surface area contributed by atoms with E-state index in [1.807, 2.05) is 22.6 Å². The summed E-state index contributed by atoms with van der Waals surface area (Å²) in [6.45, 7) is -0.494. The zero-order valence-corrected chi connectivity index (χ0v) is 28.4. The highest BCUT2D eigenvalue weighted by molar-refractivity contribution is 14.1. The first kappa shape index (κ1) is 42.0.